The Morgan fingerprint density at radius 3 is 2.81 bits per heavy atom. The van der Waals surface area contributed by atoms with E-state index in [0.29, 0.717) is 35.8 Å². The van der Waals surface area contributed by atoms with Crippen molar-refractivity contribution in [1.29, 1.82) is 0 Å². The first-order valence-corrected chi connectivity index (χ1v) is 8.57. The van der Waals surface area contributed by atoms with E-state index in [1.165, 1.54) is 6.07 Å². The molecule has 0 unspecified atom stereocenters. The molecule has 0 saturated carbocycles. The first-order valence-electron chi connectivity index (χ1n) is 8.20. The number of nitrogens with one attached hydrogen (secondary N) is 1. The maximum absolute atomic E-state index is 11.8. The molecule has 0 atom stereocenters. The third-order valence-corrected chi connectivity index (χ3v) is 4.23. The maximum Gasteiger partial charge on any atom is 0.336 e. The van der Waals surface area contributed by atoms with E-state index in [0.717, 1.165) is 16.5 Å². The van der Waals surface area contributed by atoms with Crippen LogP contribution in [0.5, 0.6) is 5.75 Å². The fourth-order valence-electron chi connectivity index (χ4n) is 2.67. The van der Waals surface area contributed by atoms with Crippen LogP contribution in [0.4, 0.5) is 0 Å². The smallest absolute Gasteiger partial charge is 0.336 e. The summed E-state index contributed by atoms with van der Waals surface area (Å²) in [6.45, 7) is 0.354. The van der Waals surface area contributed by atoms with Crippen molar-refractivity contribution in [2.45, 2.75) is 19.4 Å². The molecule has 0 aliphatic carbocycles. The number of amides is 1. The first-order chi connectivity index (χ1) is 12.5. The molecular formula is C20H18ClNO4. The van der Waals surface area contributed by atoms with Crippen molar-refractivity contribution in [2.24, 2.45) is 0 Å². The molecule has 0 spiro atoms. The first kappa shape index (κ1) is 18.0. The van der Waals surface area contributed by atoms with Gasteiger partial charge in [0.25, 0.3) is 0 Å². The minimum absolute atomic E-state index is 0.0760. The van der Waals surface area contributed by atoms with E-state index in [2.05, 4.69) is 5.32 Å². The Labute approximate surface area is 155 Å². The average molecular weight is 372 g/mol. The van der Waals surface area contributed by atoms with Crippen molar-refractivity contribution >= 4 is 28.5 Å². The predicted octanol–water partition coefficient (Wildman–Crippen LogP) is 3.70. The monoisotopic (exact) mass is 371 g/mol. The van der Waals surface area contributed by atoms with E-state index in [-0.39, 0.29) is 5.91 Å². The molecule has 3 aromatic rings. The summed E-state index contributed by atoms with van der Waals surface area (Å²) >= 11 is 5.97. The van der Waals surface area contributed by atoms with E-state index in [1.54, 1.807) is 19.2 Å². The Kier molecular flexibility index (Phi) is 5.58. The minimum atomic E-state index is -0.448. The van der Waals surface area contributed by atoms with Gasteiger partial charge in [-0.15, -0.1) is 0 Å². The van der Waals surface area contributed by atoms with Gasteiger partial charge in [-0.25, -0.2) is 4.79 Å². The molecule has 1 aromatic heterocycles. The fraction of sp³-hybridized carbons (Fsp3) is 0.200. The number of benzene rings is 2. The van der Waals surface area contributed by atoms with E-state index < -0.39 is 5.63 Å². The molecule has 3 rings (SSSR count). The summed E-state index contributed by atoms with van der Waals surface area (Å²) in [5, 5.41) is 4.02. The van der Waals surface area contributed by atoms with Crippen LogP contribution >= 0.6 is 11.6 Å². The van der Waals surface area contributed by atoms with Crippen LogP contribution in [-0.2, 0) is 17.8 Å². The van der Waals surface area contributed by atoms with E-state index in [9.17, 15) is 9.59 Å². The summed E-state index contributed by atoms with van der Waals surface area (Å²) in [5.74, 6) is 0.511. The van der Waals surface area contributed by atoms with Crippen LogP contribution in [0.1, 0.15) is 17.5 Å². The minimum Gasteiger partial charge on any atom is -0.489 e. The number of hydrogen-bond donors (Lipinski definition) is 1. The number of fused-ring (bicyclic) bond motifs is 1. The molecular weight excluding hydrogens is 354 g/mol. The lowest BCUT2D eigenvalue weighted by Gasteiger charge is -2.09. The molecule has 0 saturated heterocycles. The van der Waals surface area contributed by atoms with Gasteiger partial charge in [0, 0.05) is 36.0 Å². The van der Waals surface area contributed by atoms with Crippen molar-refractivity contribution in [1.82, 2.24) is 5.32 Å². The van der Waals surface area contributed by atoms with Gasteiger partial charge in [0.2, 0.25) is 5.91 Å². The molecule has 0 aliphatic heterocycles. The Bertz CT molecular complexity index is 997. The number of halogens is 1. The van der Waals surface area contributed by atoms with Crippen LogP contribution in [0.2, 0.25) is 5.02 Å². The Morgan fingerprint density at radius 1 is 1.19 bits per heavy atom. The van der Waals surface area contributed by atoms with Gasteiger partial charge < -0.3 is 14.5 Å². The van der Waals surface area contributed by atoms with Gasteiger partial charge in [0.1, 0.15) is 17.9 Å². The number of ether oxygens (including phenoxy) is 1. The molecule has 0 aliphatic rings. The Hall–Kier alpha value is -2.79. The highest BCUT2D eigenvalue weighted by Gasteiger charge is 2.09. The van der Waals surface area contributed by atoms with Crippen molar-refractivity contribution < 1.29 is 13.9 Å². The van der Waals surface area contributed by atoms with Crippen LogP contribution in [0.3, 0.4) is 0 Å². The standard InChI is InChI=1S/C20H18ClNO4/c1-22-19(23)8-5-14-10-20(24)26-18-11-16(6-7-17(14)18)25-12-13-3-2-4-15(21)9-13/h2-4,6-7,9-11H,5,8,12H2,1H3,(H,22,23). The fourth-order valence-corrected chi connectivity index (χ4v) is 2.89. The quantitative estimate of drug-likeness (QED) is 0.671. The number of rotatable bonds is 6. The molecule has 134 valence electrons. The van der Waals surface area contributed by atoms with Gasteiger partial charge in [-0.1, -0.05) is 23.7 Å². The molecule has 6 heteroatoms. The van der Waals surface area contributed by atoms with Gasteiger partial charge in [-0.05, 0) is 41.8 Å². The van der Waals surface area contributed by atoms with Gasteiger partial charge in [-0.3, -0.25) is 4.79 Å². The number of aryl methyl sites for hydroxylation is 1. The number of hydrogen-bond acceptors (Lipinski definition) is 4. The summed E-state index contributed by atoms with van der Waals surface area (Å²) in [4.78, 5) is 23.3. The van der Waals surface area contributed by atoms with E-state index >= 15 is 0 Å². The Morgan fingerprint density at radius 2 is 2.04 bits per heavy atom. The van der Waals surface area contributed by atoms with Crippen LogP contribution in [0, 0.1) is 0 Å². The lowest BCUT2D eigenvalue weighted by atomic mass is 10.1. The second-order valence-corrected chi connectivity index (χ2v) is 6.28. The van der Waals surface area contributed by atoms with Gasteiger partial charge in [0.05, 0.1) is 0 Å². The van der Waals surface area contributed by atoms with Gasteiger partial charge in [0.15, 0.2) is 0 Å². The summed E-state index contributed by atoms with van der Waals surface area (Å²) in [6.07, 6.45) is 0.770. The van der Waals surface area contributed by atoms with Crippen molar-refractivity contribution in [3.05, 3.63) is 75.1 Å². The largest absolute Gasteiger partial charge is 0.489 e. The molecule has 1 heterocycles. The number of carbonyl (C=O) groups excluding carboxylic acids is 1. The zero-order valence-electron chi connectivity index (χ0n) is 14.3. The van der Waals surface area contributed by atoms with Crippen molar-refractivity contribution in [3.8, 4) is 5.75 Å². The Balaban J connectivity index is 1.81. The average Bonchev–Trinajstić information content (AvgIpc) is 2.63. The molecule has 5 nitrogen and oxygen atoms in total. The van der Waals surface area contributed by atoms with Crippen LogP contribution in [0.25, 0.3) is 11.0 Å². The second kappa shape index (κ2) is 8.06. The highest BCUT2D eigenvalue weighted by atomic mass is 35.5. The molecule has 0 bridgehead atoms. The predicted molar refractivity (Wildman–Crippen MR) is 101 cm³/mol. The molecule has 0 radical (unpaired) electrons. The summed E-state index contributed by atoms with van der Waals surface area (Å²) in [6, 6.07) is 14.2. The molecule has 0 fully saturated rings. The highest BCUT2D eigenvalue weighted by Crippen LogP contribution is 2.24. The second-order valence-electron chi connectivity index (χ2n) is 5.84. The van der Waals surface area contributed by atoms with Gasteiger partial charge >= 0.3 is 5.63 Å². The summed E-state index contributed by atoms with van der Waals surface area (Å²) < 4.78 is 11.1. The van der Waals surface area contributed by atoms with E-state index in [1.807, 2.05) is 30.3 Å². The molecule has 2 aromatic carbocycles. The molecule has 1 N–H and O–H groups in total. The topological polar surface area (TPSA) is 68.5 Å². The van der Waals surface area contributed by atoms with Crippen molar-refractivity contribution in [3.63, 3.8) is 0 Å². The summed E-state index contributed by atoms with van der Waals surface area (Å²) in [5.41, 5.74) is 1.71. The zero-order valence-corrected chi connectivity index (χ0v) is 15.0. The molecule has 26 heavy (non-hydrogen) atoms. The van der Waals surface area contributed by atoms with Crippen LogP contribution in [0.15, 0.2) is 57.7 Å². The third kappa shape index (κ3) is 4.43. The third-order valence-electron chi connectivity index (χ3n) is 4.00. The lowest BCUT2D eigenvalue weighted by molar-refractivity contribution is -0.120. The van der Waals surface area contributed by atoms with Gasteiger partial charge in [-0.2, -0.15) is 0 Å². The highest BCUT2D eigenvalue weighted by molar-refractivity contribution is 6.30. The zero-order chi connectivity index (χ0) is 18.5. The SMILES string of the molecule is CNC(=O)CCc1cc(=O)oc2cc(OCc3cccc(Cl)c3)ccc12. The molecule has 1 amide bonds. The van der Waals surface area contributed by atoms with E-state index in [4.69, 9.17) is 20.8 Å². The van der Waals surface area contributed by atoms with Crippen molar-refractivity contribution in [2.75, 3.05) is 7.05 Å². The normalized spacial score (nSPS) is 10.7. The number of carbonyl (C=O) groups is 1. The van der Waals surface area contributed by atoms with Crippen LogP contribution < -0.4 is 15.7 Å². The maximum atomic E-state index is 11.8. The lowest BCUT2D eigenvalue weighted by Crippen LogP contribution is -2.18. The summed E-state index contributed by atoms with van der Waals surface area (Å²) in [7, 11) is 1.59. The van der Waals surface area contributed by atoms with Crippen LogP contribution in [-0.4, -0.2) is 13.0 Å².